The van der Waals surface area contributed by atoms with E-state index in [0.717, 1.165) is 0 Å². The zero-order chi connectivity index (χ0) is 19.1. The number of nitrogens with zero attached hydrogens (tertiary/aromatic N) is 1. The summed E-state index contributed by atoms with van der Waals surface area (Å²) >= 11 is 0. The van der Waals surface area contributed by atoms with Gasteiger partial charge < -0.3 is 4.74 Å². The van der Waals surface area contributed by atoms with Crippen LogP contribution in [-0.4, -0.2) is 10.8 Å². The molecule has 2 aromatic carbocycles. The smallest absolute Gasteiger partial charge is 0.149 e. The monoisotopic (exact) mass is 355 g/mol. The van der Waals surface area contributed by atoms with Crippen LogP contribution in [0.4, 0.5) is 8.78 Å². The molecule has 0 radical (unpaired) electrons. The number of pyridine rings is 1. The summed E-state index contributed by atoms with van der Waals surface area (Å²) in [7, 11) is 0. The number of carbonyl (C=O) groups excluding carboxylic acids is 1. The van der Waals surface area contributed by atoms with Gasteiger partial charge in [0, 0.05) is 10.9 Å². The zero-order valence-corrected chi connectivity index (χ0v) is 15.1. The molecule has 0 atom stereocenters. The van der Waals surface area contributed by atoms with Gasteiger partial charge >= 0.3 is 0 Å². The summed E-state index contributed by atoms with van der Waals surface area (Å²) in [5, 5.41) is 0.578. The quantitative estimate of drug-likeness (QED) is 0.622. The third kappa shape index (κ3) is 3.05. The minimum Gasteiger partial charge on any atom is -0.455 e. The number of ketones is 1. The second-order valence-electron chi connectivity index (χ2n) is 6.78. The van der Waals surface area contributed by atoms with Crippen LogP contribution in [0.15, 0.2) is 42.5 Å². The molecule has 0 unspecified atom stereocenters. The Morgan fingerprint density at radius 2 is 1.69 bits per heavy atom. The standard InChI is InChI=1S/C21H19F2NO2/c1-12-18(11-14-7-5-9-16(23)20(14)24-12)26-17-10-6-8-15(22)19(17)21(3,4)13(2)25/h5-11H,1-4H3. The highest BCUT2D eigenvalue weighted by Gasteiger charge is 2.33. The largest absolute Gasteiger partial charge is 0.455 e. The number of ether oxygens (including phenoxy) is 1. The first-order valence-electron chi connectivity index (χ1n) is 8.25. The van der Waals surface area contributed by atoms with Crippen LogP contribution in [-0.2, 0) is 10.2 Å². The van der Waals surface area contributed by atoms with Gasteiger partial charge in [-0.25, -0.2) is 13.8 Å². The van der Waals surface area contributed by atoms with E-state index in [1.807, 2.05) is 0 Å². The molecule has 0 aliphatic heterocycles. The summed E-state index contributed by atoms with van der Waals surface area (Å²) < 4.78 is 34.3. The number of Topliss-reactive ketones (excluding diaryl/α,β-unsaturated/α-hetero) is 1. The number of benzene rings is 2. The van der Waals surface area contributed by atoms with Crippen molar-refractivity contribution < 1.29 is 18.3 Å². The Morgan fingerprint density at radius 1 is 1.04 bits per heavy atom. The molecule has 0 saturated carbocycles. The molecule has 3 rings (SSSR count). The molecule has 0 N–H and O–H groups in total. The second kappa shape index (κ2) is 6.48. The van der Waals surface area contributed by atoms with Crippen LogP contribution in [0.1, 0.15) is 32.0 Å². The number of rotatable bonds is 4. The number of fused-ring (bicyclic) bond motifs is 1. The van der Waals surface area contributed by atoms with E-state index in [0.29, 0.717) is 16.8 Å². The van der Waals surface area contributed by atoms with Crippen LogP contribution >= 0.6 is 0 Å². The third-order valence-corrected chi connectivity index (χ3v) is 4.64. The Balaban J connectivity index is 2.13. The van der Waals surface area contributed by atoms with Gasteiger partial charge in [-0.2, -0.15) is 0 Å². The Hall–Kier alpha value is -2.82. The molecule has 0 amide bonds. The molecular formula is C21H19F2NO2. The highest BCUT2D eigenvalue weighted by Crippen LogP contribution is 2.38. The molecule has 0 aliphatic rings. The molecule has 5 heteroatoms. The lowest BCUT2D eigenvalue weighted by atomic mass is 9.80. The van der Waals surface area contributed by atoms with Gasteiger partial charge in [0.15, 0.2) is 0 Å². The molecule has 0 bridgehead atoms. The van der Waals surface area contributed by atoms with Crippen molar-refractivity contribution in [3.05, 3.63) is 65.4 Å². The van der Waals surface area contributed by atoms with Gasteiger partial charge in [-0.1, -0.05) is 18.2 Å². The fourth-order valence-corrected chi connectivity index (χ4v) is 2.83. The zero-order valence-electron chi connectivity index (χ0n) is 15.1. The van der Waals surface area contributed by atoms with Crippen molar-refractivity contribution in [2.75, 3.05) is 0 Å². The number of halogens is 2. The Kier molecular flexibility index (Phi) is 4.48. The van der Waals surface area contributed by atoms with Gasteiger partial charge in [0.05, 0.1) is 11.1 Å². The summed E-state index contributed by atoms with van der Waals surface area (Å²) in [6.45, 7) is 6.42. The van der Waals surface area contributed by atoms with Crippen LogP contribution in [0.2, 0.25) is 0 Å². The fraction of sp³-hybridized carbons (Fsp3) is 0.238. The van der Waals surface area contributed by atoms with Crippen molar-refractivity contribution in [2.24, 2.45) is 0 Å². The van der Waals surface area contributed by atoms with Crippen LogP contribution in [0.5, 0.6) is 11.5 Å². The normalized spacial score (nSPS) is 11.6. The number of aromatic nitrogens is 1. The maximum absolute atomic E-state index is 14.5. The first kappa shape index (κ1) is 18.0. The number of hydrogen-bond acceptors (Lipinski definition) is 3. The maximum Gasteiger partial charge on any atom is 0.149 e. The lowest BCUT2D eigenvalue weighted by Crippen LogP contribution is -2.28. The number of para-hydroxylation sites is 1. The van der Waals surface area contributed by atoms with Crippen LogP contribution < -0.4 is 4.74 Å². The predicted octanol–water partition coefficient (Wildman–Crippen LogP) is 5.48. The van der Waals surface area contributed by atoms with Crippen LogP contribution in [0, 0.1) is 18.6 Å². The molecule has 3 nitrogen and oxygen atoms in total. The van der Waals surface area contributed by atoms with Crippen molar-refractivity contribution in [2.45, 2.75) is 33.1 Å². The second-order valence-corrected chi connectivity index (χ2v) is 6.78. The van der Waals surface area contributed by atoms with Gasteiger partial charge in [-0.3, -0.25) is 4.79 Å². The summed E-state index contributed by atoms with van der Waals surface area (Å²) in [5.74, 6) is -0.482. The summed E-state index contributed by atoms with van der Waals surface area (Å²) in [5.41, 5.74) is -0.143. The summed E-state index contributed by atoms with van der Waals surface area (Å²) in [6, 6.07) is 10.8. The molecule has 1 heterocycles. The fourth-order valence-electron chi connectivity index (χ4n) is 2.83. The van der Waals surface area contributed by atoms with E-state index >= 15 is 0 Å². The number of carbonyl (C=O) groups is 1. The number of aryl methyl sites for hydroxylation is 1. The highest BCUT2D eigenvalue weighted by atomic mass is 19.1. The minimum atomic E-state index is -1.05. The van der Waals surface area contributed by atoms with Gasteiger partial charge in [-0.15, -0.1) is 0 Å². The maximum atomic E-state index is 14.5. The molecule has 26 heavy (non-hydrogen) atoms. The van der Waals surface area contributed by atoms with Crippen molar-refractivity contribution in [3.8, 4) is 11.5 Å². The van der Waals surface area contributed by atoms with Gasteiger partial charge in [0.1, 0.15) is 34.4 Å². The van der Waals surface area contributed by atoms with E-state index < -0.39 is 17.0 Å². The average Bonchev–Trinajstić information content (AvgIpc) is 2.56. The van der Waals surface area contributed by atoms with E-state index in [2.05, 4.69) is 4.98 Å². The molecule has 3 aromatic rings. The third-order valence-electron chi connectivity index (χ3n) is 4.64. The average molecular weight is 355 g/mol. The molecular weight excluding hydrogens is 336 g/mol. The molecule has 0 aliphatic carbocycles. The van der Waals surface area contributed by atoms with Gasteiger partial charge in [-0.05, 0) is 52.0 Å². The minimum absolute atomic E-state index is 0.178. The predicted molar refractivity (Wildman–Crippen MR) is 96.6 cm³/mol. The topological polar surface area (TPSA) is 39.2 Å². The van der Waals surface area contributed by atoms with E-state index in [9.17, 15) is 13.6 Å². The molecule has 0 fully saturated rings. The highest BCUT2D eigenvalue weighted by molar-refractivity contribution is 5.88. The molecule has 0 spiro atoms. The van der Waals surface area contributed by atoms with Crippen molar-refractivity contribution in [1.29, 1.82) is 0 Å². The lowest BCUT2D eigenvalue weighted by Gasteiger charge is -2.25. The van der Waals surface area contributed by atoms with E-state index in [-0.39, 0.29) is 22.6 Å². The van der Waals surface area contributed by atoms with Crippen molar-refractivity contribution in [1.82, 2.24) is 4.98 Å². The molecule has 0 saturated heterocycles. The summed E-state index contributed by atoms with van der Waals surface area (Å²) in [4.78, 5) is 16.3. The SMILES string of the molecule is CC(=O)C(C)(C)c1c(F)cccc1Oc1cc2cccc(F)c2nc1C. The lowest BCUT2D eigenvalue weighted by molar-refractivity contribution is -0.121. The Morgan fingerprint density at radius 3 is 2.38 bits per heavy atom. The van der Waals surface area contributed by atoms with Gasteiger partial charge in [0.25, 0.3) is 0 Å². The van der Waals surface area contributed by atoms with Crippen molar-refractivity contribution in [3.63, 3.8) is 0 Å². The van der Waals surface area contributed by atoms with E-state index in [1.54, 1.807) is 45.0 Å². The first-order chi connectivity index (χ1) is 12.2. The van der Waals surface area contributed by atoms with Gasteiger partial charge in [0.2, 0.25) is 0 Å². The van der Waals surface area contributed by atoms with E-state index in [1.165, 1.54) is 25.1 Å². The van der Waals surface area contributed by atoms with Crippen LogP contribution in [0.3, 0.4) is 0 Å². The number of hydrogen-bond donors (Lipinski definition) is 0. The summed E-state index contributed by atoms with van der Waals surface area (Å²) in [6.07, 6.45) is 0. The Bertz CT molecular complexity index is 1010. The Labute approximate surface area is 150 Å². The molecule has 1 aromatic heterocycles. The van der Waals surface area contributed by atoms with Crippen LogP contribution in [0.25, 0.3) is 10.9 Å². The molecule has 134 valence electrons. The van der Waals surface area contributed by atoms with Crippen molar-refractivity contribution >= 4 is 16.7 Å². The van der Waals surface area contributed by atoms with E-state index in [4.69, 9.17) is 4.74 Å². The first-order valence-corrected chi connectivity index (χ1v) is 8.25.